The Kier molecular flexibility index (Phi) is 8.81. The molecular formula is C27H26Br2N2O3S. The summed E-state index contributed by atoms with van der Waals surface area (Å²) in [6.45, 7) is 4.99. The van der Waals surface area contributed by atoms with Crippen molar-refractivity contribution in [2.75, 3.05) is 11.9 Å². The summed E-state index contributed by atoms with van der Waals surface area (Å²) >= 11 is 8.54. The number of hydrogen-bond donors (Lipinski definition) is 2. The van der Waals surface area contributed by atoms with Crippen LogP contribution in [0.15, 0.2) is 74.5 Å². The fourth-order valence-corrected chi connectivity index (χ4v) is 5.16. The van der Waals surface area contributed by atoms with E-state index in [0.29, 0.717) is 29.6 Å². The van der Waals surface area contributed by atoms with Crippen molar-refractivity contribution in [1.82, 2.24) is 5.32 Å². The first-order valence-electron chi connectivity index (χ1n) is 11.3. The van der Waals surface area contributed by atoms with Gasteiger partial charge in [0.05, 0.1) is 11.5 Å². The zero-order valence-corrected chi connectivity index (χ0v) is 23.4. The van der Waals surface area contributed by atoms with Gasteiger partial charge in [-0.3, -0.25) is 4.79 Å². The van der Waals surface area contributed by atoms with Crippen LogP contribution in [0.2, 0.25) is 0 Å². The summed E-state index contributed by atoms with van der Waals surface area (Å²) in [6.07, 6.45) is 2.86. The minimum atomic E-state index is -0.236. The monoisotopic (exact) mass is 616 g/mol. The molecule has 0 aliphatic carbocycles. The van der Waals surface area contributed by atoms with Gasteiger partial charge < -0.3 is 20.1 Å². The SMILES string of the molecule is CCOc1cc(/C=C2\S[C@H](Nc3ccc(CC)cc3)NC2=O)c(Br)cc1OCc1ccc(Br)cc1. The maximum Gasteiger partial charge on any atom is 0.260 e. The number of ether oxygens (including phenoxy) is 2. The number of anilines is 1. The highest BCUT2D eigenvalue weighted by molar-refractivity contribution is 9.10. The summed E-state index contributed by atoms with van der Waals surface area (Å²) in [5.41, 5.74) is 3.90. The van der Waals surface area contributed by atoms with Crippen LogP contribution in [0.5, 0.6) is 11.5 Å². The first-order chi connectivity index (χ1) is 16.9. The van der Waals surface area contributed by atoms with Gasteiger partial charge in [0.25, 0.3) is 5.91 Å². The average molecular weight is 618 g/mol. The molecule has 1 amide bonds. The van der Waals surface area contributed by atoms with Gasteiger partial charge >= 0.3 is 0 Å². The lowest BCUT2D eigenvalue weighted by Crippen LogP contribution is -2.30. The molecule has 8 heteroatoms. The molecule has 0 bridgehead atoms. The van der Waals surface area contributed by atoms with Crippen LogP contribution in [0.1, 0.15) is 30.5 Å². The number of carbonyl (C=O) groups is 1. The van der Waals surface area contributed by atoms with Crippen LogP contribution in [0.25, 0.3) is 6.08 Å². The van der Waals surface area contributed by atoms with Crippen molar-refractivity contribution in [1.29, 1.82) is 0 Å². The molecule has 2 N–H and O–H groups in total. The predicted octanol–water partition coefficient (Wildman–Crippen LogP) is 7.35. The van der Waals surface area contributed by atoms with Gasteiger partial charge in [-0.15, -0.1) is 0 Å². The lowest BCUT2D eigenvalue weighted by molar-refractivity contribution is -0.116. The van der Waals surface area contributed by atoms with E-state index in [4.69, 9.17) is 9.47 Å². The Morgan fingerprint density at radius 3 is 2.34 bits per heavy atom. The number of amides is 1. The highest BCUT2D eigenvalue weighted by Crippen LogP contribution is 2.38. The molecule has 1 aliphatic rings. The molecule has 0 saturated carbocycles. The summed E-state index contributed by atoms with van der Waals surface area (Å²) in [7, 11) is 0. The van der Waals surface area contributed by atoms with E-state index >= 15 is 0 Å². The third kappa shape index (κ3) is 6.84. The molecule has 3 aromatic rings. The largest absolute Gasteiger partial charge is 0.490 e. The van der Waals surface area contributed by atoms with Gasteiger partial charge in [-0.05, 0) is 72.5 Å². The van der Waals surface area contributed by atoms with Crippen molar-refractivity contribution in [3.8, 4) is 11.5 Å². The molecule has 1 heterocycles. The standard InChI is InChI=1S/C27H26Br2N2O3S/c1-3-17-7-11-21(12-8-17)30-27-31-26(32)25(35-27)14-19-13-23(33-4-2)24(15-22(19)29)34-16-18-5-9-20(28)10-6-18/h5-15,27,30H,3-4,16H2,1-2H3,(H,31,32)/b25-14-/t27-/m1/s1. The summed E-state index contributed by atoms with van der Waals surface area (Å²) in [4.78, 5) is 13.3. The van der Waals surface area contributed by atoms with Crippen LogP contribution in [0.4, 0.5) is 5.69 Å². The highest BCUT2D eigenvalue weighted by atomic mass is 79.9. The molecule has 1 atom stereocenters. The number of nitrogens with one attached hydrogen (secondary N) is 2. The molecule has 182 valence electrons. The van der Waals surface area contributed by atoms with Crippen LogP contribution in [0, 0.1) is 0 Å². The van der Waals surface area contributed by atoms with Gasteiger partial charge in [-0.2, -0.15) is 0 Å². The lowest BCUT2D eigenvalue weighted by atomic mass is 10.1. The number of halogens is 2. The highest BCUT2D eigenvalue weighted by Gasteiger charge is 2.27. The maximum atomic E-state index is 12.6. The predicted molar refractivity (Wildman–Crippen MR) is 151 cm³/mol. The van der Waals surface area contributed by atoms with Gasteiger partial charge in [0.2, 0.25) is 0 Å². The van der Waals surface area contributed by atoms with Crippen molar-refractivity contribution < 1.29 is 14.3 Å². The fraction of sp³-hybridized carbons (Fsp3) is 0.222. The maximum absolute atomic E-state index is 12.6. The van der Waals surface area contributed by atoms with Crippen LogP contribution in [-0.4, -0.2) is 18.0 Å². The van der Waals surface area contributed by atoms with E-state index in [-0.39, 0.29) is 11.4 Å². The molecule has 0 spiro atoms. The van der Waals surface area contributed by atoms with Crippen LogP contribution >= 0.6 is 43.6 Å². The Morgan fingerprint density at radius 1 is 0.971 bits per heavy atom. The van der Waals surface area contributed by atoms with Crippen LogP contribution in [-0.2, 0) is 17.8 Å². The van der Waals surface area contributed by atoms with Gasteiger partial charge in [-0.1, -0.05) is 74.8 Å². The second kappa shape index (κ2) is 12.0. The van der Waals surface area contributed by atoms with E-state index in [9.17, 15) is 4.79 Å². The molecule has 35 heavy (non-hydrogen) atoms. The van der Waals surface area contributed by atoms with Gasteiger partial charge in [0.1, 0.15) is 6.61 Å². The molecule has 1 saturated heterocycles. The summed E-state index contributed by atoms with van der Waals surface area (Å²) < 4.78 is 13.7. The molecular weight excluding hydrogens is 592 g/mol. The summed E-state index contributed by atoms with van der Waals surface area (Å²) in [5, 5.41) is 6.34. The Labute approximate surface area is 226 Å². The Bertz CT molecular complexity index is 1210. The number of rotatable bonds is 9. The van der Waals surface area contributed by atoms with Gasteiger partial charge in [-0.25, -0.2) is 0 Å². The summed E-state index contributed by atoms with van der Waals surface area (Å²) in [6, 6.07) is 20.0. The number of thioether (sulfide) groups is 1. The number of hydrogen-bond acceptors (Lipinski definition) is 5. The van der Waals surface area contributed by atoms with Crippen molar-refractivity contribution in [3.63, 3.8) is 0 Å². The molecule has 4 rings (SSSR count). The minimum Gasteiger partial charge on any atom is -0.490 e. The van der Waals surface area contributed by atoms with E-state index in [2.05, 4.69) is 61.5 Å². The lowest BCUT2D eigenvalue weighted by Gasteiger charge is -2.14. The second-order valence-corrected chi connectivity index (χ2v) is 10.8. The third-order valence-corrected chi connectivity index (χ3v) is 7.59. The quantitative estimate of drug-likeness (QED) is 0.246. The average Bonchev–Trinajstić information content (AvgIpc) is 3.20. The van der Waals surface area contributed by atoms with Crippen molar-refractivity contribution in [2.45, 2.75) is 32.4 Å². The van der Waals surface area contributed by atoms with Crippen molar-refractivity contribution >= 4 is 61.3 Å². The first-order valence-corrected chi connectivity index (χ1v) is 13.8. The van der Waals surface area contributed by atoms with Gasteiger partial charge in [0, 0.05) is 14.6 Å². The molecule has 1 aliphatic heterocycles. The Morgan fingerprint density at radius 2 is 1.66 bits per heavy atom. The number of benzene rings is 3. The zero-order chi connectivity index (χ0) is 24.8. The Balaban J connectivity index is 1.49. The van der Waals surface area contributed by atoms with E-state index in [0.717, 1.165) is 32.2 Å². The summed E-state index contributed by atoms with van der Waals surface area (Å²) in [5.74, 6) is 1.16. The normalized spacial score (nSPS) is 16.3. The number of carbonyl (C=O) groups excluding carboxylic acids is 1. The minimum absolute atomic E-state index is 0.113. The second-order valence-electron chi connectivity index (χ2n) is 7.84. The van der Waals surface area contributed by atoms with Crippen molar-refractivity contribution in [2.24, 2.45) is 0 Å². The molecule has 0 radical (unpaired) electrons. The Hall–Kier alpha value is -2.42. The van der Waals surface area contributed by atoms with E-state index in [1.54, 1.807) is 0 Å². The topological polar surface area (TPSA) is 59.6 Å². The van der Waals surface area contributed by atoms with Crippen LogP contribution in [0.3, 0.4) is 0 Å². The third-order valence-electron chi connectivity index (χ3n) is 5.35. The van der Waals surface area contributed by atoms with Crippen molar-refractivity contribution in [3.05, 3.63) is 91.2 Å². The van der Waals surface area contributed by atoms with Gasteiger partial charge in [0.15, 0.2) is 17.0 Å². The zero-order valence-electron chi connectivity index (χ0n) is 19.4. The number of aryl methyl sites for hydroxylation is 1. The first kappa shape index (κ1) is 25.7. The van der Waals surface area contributed by atoms with Crippen LogP contribution < -0.4 is 20.1 Å². The molecule has 0 aromatic heterocycles. The van der Waals surface area contributed by atoms with E-state index in [1.807, 2.05) is 61.5 Å². The smallest absolute Gasteiger partial charge is 0.260 e. The molecule has 1 fully saturated rings. The van der Waals surface area contributed by atoms with E-state index < -0.39 is 0 Å². The molecule has 0 unspecified atom stereocenters. The fourth-order valence-electron chi connectivity index (χ4n) is 3.48. The molecule has 3 aromatic carbocycles. The van der Waals surface area contributed by atoms with E-state index in [1.165, 1.54) is 17.3 Å². The molecule has 5 nitrogen and oxygen atoms in total.